The molecule has 1 heterocycles. The van der Waals surface area contributed by atoms with Gasteiger partial charge in [0.05, 0.1) is 6.61 Å². The van der Waals surface area contributed by atoms with Gasteiger partial charge in [-0.25, -0.2) is 0 Å². The van der Waals surface area contributed by atoms with E-state index in [2.05, 4.69) is 13.8 Å². The van der Waals surface area contributed by atoms with Crippen molar-refractivity contribution in [1.29, 1.82) is 0 Å². The van der Waals surface area contributed by atoms with Crippen molar-refractivity contribution in [3.63, 3.8) is 0 Å². The van der Waals surface area contributed by atoms with Crippen molar-refractivity contribution in [2.75, 3.05) is 6.61 Å². The van der Waals surface area contributed by atoms with Gasteiger partial charge in [-0.15, -0.1) is 0 Å². The molecule has 0 aromatic heterocycles. The van der Waals surface area contributed by atoms with Crippen LogP contribution in [0.2, 0.25) is 0 Å². The quantitative estimate of drug-likeness (QED) is 0.672. The summed E-state index contributed by atoms with van der Waals surface area (Å²) in [4.78, 5) is 11.5. The maximum atomic E-state index is 11.5. The van der Waals surface area contributed by atoms with Crippen LogP contribution < -0.4 is 0 Å². The van der Waals surface area contributed by atoms with Gasteiger partial charge in [-0.2, -0.15) is 0 Å². The lowest BCUT2D eigenvalue weighted by Gasteiger charge is -2.19. The lowest BCUT2D eigenvalue weighted by Crippen LogP contribution is -2.13. The van der Waals surface area contributed by atoms with Gasteiger partial charge in [0.2, 0.25) is 0 Å². The number of cyclic esters (lactones) is 1. The molecule has 0 spiro atoms. The van der Waals surface area contributed by atoms with Gasteiger partial charge in [-0.3, -0.25) is 4.79 Å². The Morgan fingerprint density at radius 2 is 1.59 bits per heavy atom. The van der Waals surface area contributed by atoms with E-state index in [1.54, 1.807) is 0 Å². The van der Waals surface area contributed by atoms with Crippen LogP contribution in [0.5, 0.6) is 0 Å². The van der Waals surface area contributed by atoms with E-state index in [1.165, 1.54) is 38.5 Å². The largest absolute Gasteiger partial charge is 0.466 e. The van der Waals surface area contributed by atoms with Crippen molar-refractivity contribution >= 4 is 5.97 Å². The Bertz CT molecular complexity index is 213. The fourth-order valence-electron chi connectivity index (χ4n) is 2.70. The highest BCUT2D eigenvalue weighted by Gasteiger charge is 2.14. The van der Waals surface area contributed by atoms with E-state index < -0.39 is 0 Å². The van der Waals surface area contributed by atoms with E-state index in [0.717, 1.165) is 24.7 Å². The first kappa shape index (κ1) is 14.5. The minimum Gasteiger partial charge on any atom is -0.466 e. The average Bonchev–Trinajstić information content (AvgIpc) is 2.33. The Morgan fingerprint density at radius 1 is 1.00 bits per heavy atom. The van der Waals surface area contributed by atoms with Gasteiger partial charge >= 0.3 is 5.97 Å². The summed E-state index contributed by atoms with van der Waals surface area (Å²) in [5.41, 5.74) is 0. The van der Waals surface area contributed by atoms with Crippen molar-refractivity contribution in [2.45, 2.75) is 71.6 Å². The molecule has 0 aromatic carbocycles. The molecule has 1 aliphatic heterocycles. The van der Waals surface area contributed by atoms with Crippen LogP contribution in [0.25, 0.3) is 0 Å². The molecule has 0 aromatic rings. The number of carbonyl (C=O) groups excluding carboxylic acids is 1. The second-order valence-corrected chi connectivity index (χ2v) is 5.38. The van der Waals surface area contributed by atoms with E-state index in [4.69, 9.17) is 4.74 Å². The minimum absolute atomic E-state index is 0.0128. The average molecular weight is 240 g/mol. The number of rotatable bonds is 2. The molecule has 1 rings (SSSR count). The summed E-state index contributed by atoms with van der Waals surface area (Å²) in [6, 6.07) is 0. The molecule has 0 bridgehead atoms. The molecule has 1 saturated heterocycles. The third kappa shape index (κ3) is 6.09. The summed E-state index contributed by atoms with van der Waals surface area (Å²) in [6.07, 6.45) is 10.4. The molecule has 1 fully saturated rings. The van der Waals surface area contributed by atoms with E-state index in [-0.39, 0.29) is 5.97 Å². The third-order valence-corrected chi connectivity index (χ3v) is 4.18. The Morgan fingerprint density at radius 3 is 2.18 bits per heavy atom. The molecular weight excluding hydrogens is 212 g/mol. The lowest BCUT2D eigenvalue weighted by atomic mass is 9.90. The van der Waals surface area contributed by atoms with Gasteiger partial charge in [0.15, 0.2) is 0 Å². The number of carbonyl (C=O) groups is 1. The zero-order valence-electron chi connectivity index (χ0n) is 11.5. The van der Waals surface area contributed by atoms with Gasteiger partial charge in [0.1, 0.15) is 0 Å². The molecule has 0 saturated carbocycles. The monoisotopic (exact) mass is 240 g/mol. The molecule has 0 amide bonds. The van der Waals surface area contributed by atoms with E-state index in [1.807, 2.05) is 0 Å². The third-order valence-electron chi connectivity index (χ3n) is 4.18. The van der Waals surface area contributed by atoms with Gasteiger partial charge in [0.25, 0.3) is 0 Å². The first-order valence-electron chi connectivity index (χ1n) is 7.41. The molecule has 0 radical (unpaired) electrons. The Kier molecular flexibility index (Phi) is 7.30. The fourth-order valence-corrected chi connectivity index (χ4v) is 2.70. The summed E-state index contributed by atoms with van der Waals surface area (Å²) in [5, 5.41) is 0. The number of esters is 1. The smallest absolute Gasteiger partial charge is 0.305 e. The molecular formula is C15H28O2. The number of hydrogen-bond donors (Lipinski definition) is 0. The van der Waals surface area contributed by atoms with Crippen LogP contribution >= 0.6 is 0 Å². The van der Waals surface area contributed by atoms with Crippen LogP contribution in [0.4, 0.5) is 0 Å². The maximum Gasteiger partial charge on any atom is 0.305 e. The standard InChI is InChI=1S/C15H28O2/c1-3-13-7-5-6-8-14(4-2)11-12-17-15(16)10-9-13/h13-14H,3-12H2,1-2H3. The van der Waals surface area contributed by atoms with E-state index in [9.17, 15) is 4.79 Å². The van der Waals surface area contributed by atoms with Crippen LogP contribution in [0, 0.1) is 11.8 Å². The summed E-state index contributed by atoms with van der Waals surface area (Å²) in [6.45, 7) is 5.11. The number of ether oxygens (including phenoxy) is 1. The highest BCUT2D eigenvalue weighted by atomic mass is 16.5. The first-order chi connectivity index (χ1) is 8.26. The van der Waals surface area contributed by atoms with Gasteiger partial charge < -0.3 is 4.74 Å². The fraction of sp³-hybridized carbons (Fsp3) is 0.933. The zero-order chi connectivity index (χ0) is 12.5. The Hall–Kier alpha value is -0.530. The first-order valence-corrected chi connectivity index (χ1v) is 7.41. The summed E-state index contributed by atoms with van der Waals surface area (Å²) in [5.74, 6) is 1.49. The molecule has 0 N–H and O–H groups in total. The molecule has 2 atom stereocenters. The van der Waals surface area contributed by atoms with E-state index in [0.29, 0.717) is 13.0 Å². The van der Waals surface area contributed by atoms with E-state index >= 15 is 0 Å². The van der Waals surface area contributed by atoms with Gasteiger partial charge in [-0.1, -0.05) is 52.4 Å². The van der Waals surface area contributed by atoms with Crippen molar-refractivity contribution in [3.8, 4) is 0 Å². The highest BCUT2D eigenvalue weighted by Crippen LogP contribution is 2.23. The summed E-state index contributed by atoms with van der Waals surface area (Å²) >= 11 is 0. The van der Waals surface area contributed by atoms with Crippen LogP contribution in [-0.4, -0.2) is 12.6 Å². The molecule has 0 aliphatic carbocycles. The predicted molar refractivity (Wildman–Crippen MR) is 70.8 cm³/mol. The normalized spacial score (nSPS) is 28.9. The van der Waals surface area contributed by atoms with Crippen molar-refractivity contribution < 1.29 is 9.53 Å². The SMILES string of the molecule is CCC1CCCCC(CC)CCC(=O)OCC1. The Balaban J connectivity index is 2.41. The van der Waals surface area contributed by atoms with Crippen LogP contribution in [0.3, 0.4) is 0 Å². The highest BCUT2D eigenvalue weighted by molar-refractivity contribution is 5.69. The molecule has 2 heteroatoms. The predicted octanol–water partition coefficient (Wildman–Crippen LogP) is 4.33. The van der Waals surface area contributed by atoms with Gasteiger partial charge in [-0.05, 0) is 24.7 Å². The van der Waals surface area contributed by atoms with Crippen LogP contribution in [0.1, 0.15) is 71.6 Å². The second-order valence-electron chi connectivity index (χ2n) is 5.38. The van der Waals surface area contributed by atoms with Crippen molar-refractivity contribution in [2.24, 2.45) is 11.8 Å². The number of hydrogen-bond acceptors (Lipinski definition) is 2. The minimum atomic E-state index is 0.0128. The lowest BCUT2D eigenvalue weighted by molar-refractivity contribution is -0.144. The molecule has 2 unspecified atom stereocenters. The van der Waals surface area contributed by atoms with Gasteiger partial charge in [0, 0.05) is 6.42 Å². The molecule has 2 nitrogen and oxygen atoms in total. The maximum absolute atomic E-state index is 11.5. The molecule has 1 aliphatic rings. The second kappa shape index (κ2) is 8.54. The summed E-state index contributed by atoms with van der Waals surface area (Å²) in [7, 11) is 0. The van der Waals surface area contributed by atoms with Crippen LogP contribution in [0.15, 0.2) is 0 Å². The molecule has 100 valence electrons. The zero-order valence-corrected chi connectivity index (χ0v) is 11.5. The Labute approximate surface area is 106 Å². The van der Waals surface area contributed by atoms with Crippen molar-refractivity contribution in [3.05, 3.63) is 0 Å². The van der Waals surface area contributed by atoms with Crippen LogP contribution in [-0.2, 0) is 9.53 Å². The van der Waals surface area contributed by atoms with Crippen molar-refractivity contribution in [1.82, 2.24) is 0 Å². The summed E-state index contributed by atoms with van der Waals surface area (Å²) < 4.78 is 5.30. The molecule has 17 heavy (non-hydrogen) atoms. The topological polar surface area (TPSA) is 26.3 Å².